The van der Waals surface area contributed by atoms with Gasteiger partial charge < -0.3 is 0 Å². The summed E-state index contributed by atoms with van der Waals surface area (Å²) in [6.45, 7) is 1.88. The van der Waals surface area contributed by atoms with Crippen molar-refractivity contribution in [2.45, 2.75) is 44.9 Å². The normalized spacial score (nSPS) is 17.1. The second-order valence-electron chi connectivity index (χ2n) is 5.78. The van der Waals surface area contributed by atoms with Crippen LogP contribution in [0.25, 0.3) is 0 Å². The molecule has 0 bridgehead atoms. The predicted molar refractivity (Wildman–Crippen MR) is 86.8 cm³/mol. The van der Waals surface area contributed by atoms with Crippen LogP contribution < -0.4 is 5.32 Å². The highest BCUT2D eigenvalue weighted by Crippen LogP contribution is 2.36. The first-order chi connectivity index (χ1) is 10.7. The lowest BCUT2D eigenvalue weighted by Gasteiger charge is -2.29. The van der Waals surface area contributed by atoms with E-state index in [0.717, 1.165) is 23.4 Å². The molecule has 5 nitrogen and oxygen atoms in total. The number of hydrogen-bond donors (Lipinski definition) is 1. The minimum atomic E-state index is -0.154. The first-order valence-corrected chi connectivity index (χ1v) is 8.56. The molecule has 0 aromatic carbocycles. The van der Waals surface area contributed by atoms with Gasteiger partial charge in [-0.15, -0.1) is 10.2 Å². The lowest BCUT2D eigenvalue weighted by Crippen LogP contribution is -2.29. The molecule has 22 heavy (non-hydrogen) atoms. The average molecular weight is 316 g/mol. The van der Waals surface area contributed by atoms with E-state index < -0.39 is 0 Å². The molecule has 1 saturated carbocycles. The van der Waals surface area contributed by atoms with E-state index in [1.165, 1.54) is 30.6 Å². The molecule has 0 radical (unpaired) electrons. The number of aryl methyl sites for hydroxylation is 1. The summed E-state index contributed by atoms with van der Waals surface area (Å²) in [6, 6.07) is 3.89. The van der Waals surface area contributed by atoms with Crippen molar-refractivity contribution in [1.29, 1.82) is 0 Å². The number of nitrogens with one attached hydrogen (secondary N) is 1. The fourth-order valence-corrected chi connectivity index (χ4v) is 3.79. The van der Waals surface area contributed by atoms with Crippen LogP contribution in [-0.2, 0) is 4.79 Å². The Kier molecular flexibility index (Phi) is 4.77. The molecule has 1 N–H and O–H groups in total. The number of rotatable bonds is 4. The Morgan fingerprint density at radius 2 is 2.14 bits per heavy atom. The average Bonchev–Trinajstić information content (AvgIpc) is 2.95. The zero-order chi connectivity index (χ0) is 15.4. The highest BCUT2D eigenvalue weighted by atomic mass is 32.1. The second kappa shape index (κ2) is 6.96. The summed E-state index contributed by atoms with van der Waals surface area (Å²) >= 11 is 1.41. The summed E-state index contributed by atoms with van der Waals surface area (Å²) in [5, 5.41) is 12.3. The van der Waals surface area contributed by atoms with Gasteiger partial charge in [-0.3, -0.25) is 15.1 Å². The summed E-state index contributed by atoms with van der Waals surface area (Å²) in [6.07, 6.45) is 9.43. The molecule has 2 aromatic heterocycles. The van der Waals surface area contributed by atoms with Gasteiger partial charge in [-0.25, -0.2) is 0 Å². The molecule has 6 heteroatoms. The standard InChI is InChI=1S/C16H20N4OS/c1-11-19-20-16(22-11)18-15(21)14(12-6-3-2-4-7-12)13-8-5-9-17-10-13/h5,8-10,12,14H,2-4,6-7H2,1H3,(H,18,20,21). The van der Waals surface area contributed by atoms with E-state index >= 15 is 0 Å². The molecule has 1 unspecified atom stereocenters. The first-order valence-electron chi connectivity index (χ1n) is 7.75. The molecule has 1 fully saturated rings. The van der Waals surface area contributed by atoms with E-state index in [4.69, 9.17) is 0 Å². The van der Waals surface area contributed by atoms with Crippen molar-refractivity contribution in [1.82, 2.24) is 15.2 Å². The van der Waals surface area contributed by atoms with Crippen molar-refractivity contribution < 1.29 is 4.79 Å². The number of aromatic nitrogens is 3. The van der Waals surface area contributed by atoms with Gasteiger partial charge in [0.05, 0.1) is 5.92 Å². The number of hydrogen-bond acceptors (Lipinski definition) is 5. The zero-order valence-corrected chi connectivity index (χ0v) is 13.5. The maximum atomic E-state index is 12.8. The van der Waals surface area contributed by atoms with E-state index in [9.17, 15) is 4.79 Å². The summed E-state index contributed by atoms with van der Waals surface area (Å²) in [7, 11) is 0. The molecule has 0 saturated heterocycles. The van der Waals surface area contributed by atoms with Gasteiger partial charge in [-0.05, 0) is 37.3 Å². The molecule has 3 rings (SSSR count). The Hall–Kier alpha value is -1.82. The monoisotopic (exact) mass is 316 g/mol. The quantitative estimate of drug-likeness (QED) is 0.936. The topological polar surface area (TPSA) is 67.8 Å². The van der Waals surface area contributed by atoms with Crippen LogP contribution in [-0.4, -0.2) is 21.1 Å². The third-order valence-electron chi connectivity index (χ3n) is 4.20. The van der Waals surface area contributed by atoms with Crippen molar-refractivity contribution >= 4 is 22.4 Å². The van der Waals surface area contributed by atoms with E-state index in [-0.39, 0.29) is 11.8 Å². The van der Waals surface area contributed by atoms with Gasteiger partial charge in [0.15, 0.2) is 0 Å². The summed E-state index contributed by atoms with van der Waals surface area (Å²) in [5.74, 6) is 0.237. The maximum Gasteiger partial charge on any atom is 0.234 e. The van der Waals surface area contributed by atoms with Gasteiger partial charge in [0.2, 0.25) is 11.0 Å². The molecule has 1 aliphatic carbocycles. The van der Waals surface area contributed by atoms with Crippen LogP contribution in [0.3, 0.4) is 0 Å². The summed E-state index contributed by atoms with van der Waals surface area (Å²) < 4.78 is 0. The van der Waals surface area contributed by atoms with Crippen LogP contribution in [0.4, 0.5) is 5.13 Å². The highest BCUT2D eigenvalue weighted by Gasteiger charge is 2.31. The Morgan fingerprint density at radius 3 is 2.77 bits per heavy atom. The molecule has 1 atom stereocenters. The first kappa shape index (κ1) is 15.1. The van der Waals surface area contributed by atoms with Gasteiger partial charge >= 0.3 is 0 Å². The van der Waals surface area contributed by atoms with E-state index in [1.54, 1.807) is 6.20 Å². The third-order valence-corrected chi connectivity index (χ3v) is 4.96. The lowest BCUT2D eigenvalue weighted by molar-refractivity contribution is -0.119. The van der Waals surface area contributed by atoms with Gasteiger partial charge in [0.25, 0.3) is 0 Å². The van der Waals surface area contributed by atoms with Crippen molar-refractivity contribution in [3.05, 3.63) is 35.1 Å². The fraction of sp³-hybridized carbons (Fsp3) is 0.500. The van der Waals surface area contributed by atoms with Crippen molar-refractivity contribution in [2.24, 2.45) is 5.92 Å². The van der Waals surface area contributed by atoms with Crippen molar-refractivity contribution in [3.63, 3.8) is 0 Å². The summed E-state index contributed by atoms with van der Waals surface area (Å²) in [5.41, 5.74) is 0.994. The van der Waals surface area contributed by atoms with Gasteiger partial charge in [0.1, 0.15) is 5.01 Å². The smallest absolute Gasteiger partial charge is 0.234 e. The fourth-order valence-electron chi connectivity index (χ4n) is 3.20. The molecular formula is C16H20N4OS. The highest BCUT2D eigenvalue weighted by molar-refractivity contribution is 7.15. The number of anilines is 1. The Bertz CT molecular complexity index is 622. The molecule has 1 aliphatic rings. The molecule has 2 heterocycles. The van der Waals surface area contributed by atoms with Gasteiger partial charge in [-0.2, -0.15) is 0 Å². The van der Waals surface area contributed by atoms with Crippen LogP contribution in [0.15, 0.2) is 24.5 Å². The number of pyridine rings is 1. The summed E-state index contributed by atoms with van der Waals surface area (Å²) in [4.78, 5) is 17.0. The second-order valence-corrected chi connectivity index (χ2v) is 6.96. The van der Waals surface area contributed by atoms with E-state index in [1.807, 2.05) is 25.3 Å². The molecule has 0 spiro atoms. The molecule has 116 valence electrons. The van der Waals surface area contributed by atoms with Crippen LogP contribution >= 0.6 is 11.3 Å². The Labute approximate surface area is 134 Å². The Balaban J connectivity index is 1.82. The van der Waals surface area contributed by atoms with E-state index in [0.29, 0.717) is 11.0 Å². The van der Waals surface area contributed by atoms with Crippen molar-refractivity contribution in [3.8, 4) is 0 Å². The molecule has 1 amide bonds. The molecule has 0 aliphatic heterocycles. The number of nitrogens with zero attached hydrogens (tertiary/aromatic N) is 3. The van der Waals surface area contributed by atoms with E-state index in [2.05, 4.69) is 20.5 Å². The SMILES string of the molecule is Cc1nnc(NC(=O)C(c2cccnc2)C2CCCCC2)s1. The van der Waals surface area contributed by atoms with Gasteiger partial charge in [0, 0.05) is 12.4 Å². The molecule has 2 aromatic rings. The number of amides is 1. The molecular weight excluding hydrogens is 296 g/mol. The predicted octanol–water partition coefficient (Wildman–Crippen LogP) is 3.54. The lowest BCUT2D eigenvalue weighted by atomic mass is 9.76. The minimum absolute atomic E-state index is 0.0102. The van der Waals surface area contributed by atoms with Crippen LogP contribution in [0.2, 0.25) is 0 Å². The minimum Gasteiger partial charge on any atom is -0.300 e. The van der Waals surface area contributed by atoms with Gasteiger partial charge in [-0.1, -0.05) is 36.7 Å². The largest absolute Gasteiger partial charge is 0.300 e. The van der Waals surface area contributed by atoms with Crippen LogP contribution in [0.1, 0.15) is 48.6 Å². The van der Waals surface area contributed by atoms with Crippen LogP contribution in [0, 0.1) is 12.8 Å². The zero-order valence-electron chi connectivity index (χ0n) is 12.7. The van der Waals surface area contributed by atoms with Crippen LogP contribution in [0.5, 0.6) is 0 Å². The maximum absolute atomic E-state index is 12.8. The Morgan fingerprint density at radius 1 is 1.32 bits per heavy atom. The number of carbonyl (C=O) groups excluding carboxylic acids is 1. The van der Waals surface area contributed by atoms with Crippen molar-refractivity contribution in [2.75, 3.05) is 5.32 Å². The third kappa shape index (κ3) is 3.50. The number of carbonyl (C=O) groups is 1.